The molecule has 0 saturated heterocycles. The fourth-order valence-corrected chi connectivity index (χ4v) is 1.66. The predicted octanol–water partition coefficient (Wildman–Crippen LogP) is 2.41. The van der Waals surface area contributed by atoms with Crippen molar-refractivity contribution in [2.24, 2.45) is 5.73 Å². The van der Waals surface area contributed by atoms with Crippen molar-refractivity contribution < 1.29 is 9.90 Å². The molecule has 0 amide bonds. The second-order valence-corrected chi connectivity index (χ2v) is 4.59. The summed E-state index contributed by atoms with van der Waals surface area (Å²) in [4.78, 5) is 10.5. The molecule has 18 heavy (non-hydrogen) atoms. The molecule has 0 aliphatic heterocycles. The third-order valence-corrected chi connectivity index (χ3v) is 3.19. The molecule has 1 aromatic rings. The molecule has 4 nitrogen and oxygen atoms in total. The van der Waals surface area contributed by atoms with Gasteiger partial charge in [0.05, 0.1) is 0 Å². The summed E-state index contributed by atoms with van der Waals surface area (Å²) in [7, 11) is 0. The van der Waals surface area contributed by atoms with Gasteiger partial charge in [-0.2, -0.15) is 0 Å². The van der Waals surface area contributed by atoms with E-state index in [1.807, 2.05) is 12.1 Å². The molecule has 0 bridgehead atoms. The summed E-state index contributed by atoms with van der Waals surface area (Å²) in [6.45, 7) is 4.94. The summed E-state index contributed by atoms with van der Waals surface area (Å²) in [5, 5.41) is 11.8. The Bertz CT molecular complexity index is 376. The van der Waals surface area contributed by atoms with Gasteiger partial charge in [0.1, 0.15) is 6.04 Å². The van der Waals surface area contributed by atoms with E-state index >= 15 is 0 Å². The van der Waals surface area contributed by atoms with Crippen LogP contribution < -0.4 is 11.1 Å². The van der Waals surface area contributed by atoms with E-state index in [0.29, 0.717) is 18.9 Å². The number of anilines is 1. The van der Waals surface area contributed by atoms with Crippen molar-refractivity contribution >= 4 is 11.7 Å². The molecule has 4 N–H and O–H groups in total. The first-order valence-electron chi connectivity index (χ1n) is 6.36. The number of carboxylic acids is 1. The van der Waals surface area contributed by atoms with Crippen LogP contribution in [0.25, 0.3) is 0 Å². The van der Waals surface area contributed by atoms with E-state index in [9.17, 15) is 4.79 Å². The van der Waals surface area contributed by atoms with Crippen LogP contribution in [-0.2, 0) is 4.79 Å². The number of benzene rings is 1. The lowest BCUT2D eigenvalue weighted by molar-refractivity contribution is -0.138. The van der Waals surface area contributed by atoms with Crippen molar-refractivity contribution in [2.45, 2.75) is 38.6 Å². The fourth-order valence-electron chi connectivity index (χ4n) is 1.66. The zero-order valence-electron chi connectivity index (χ0n) is 11.0. The van der Waals surface area contributed by atoms with E-state index in [2.05, 4.69) is 31.3 Å². The maximum Gasteiger partial charge on any atom is 0.320 e. The minimum Gasteiger partial charge on any atom is -0.480 e. The van der Waals surface area contributed by atoms with E-state index in [0.717, 1.165) is 12.1 Å². The van der Waals surface area contributed by atoms with Crippen molar-refractivity contribution in [2.75, 3.05) is 11.9 Å². The molecule has 0 radical (unpaired) electrons. The third kappa shape index (κ3) is 4.37. The number of hydrogen-bond acceptors (Lipinski definition) is 3. The molecule has 2 unspecified atom stereocenters. The van der Waals surface area contributed by atoms with E-state index < -0.39 is 12.0 Å². The van der Waals surface area contributed by atoms with E-state index in [4.69, 9.17) is 10.8 Å². The SMILES string of the molecule is CCC(C)c1ccc(NCCC(N)C(=O)O)cc1. The minimum absolute atomic E-state index is 0.419. The first-order chi connectivity index (χ1) is 8.54. The number of carboxylic acid groups (broad SMARTS) is 1. The predicted molar refractivity (Wildman–Crippen MR) is 73.9 cm³/mol. The summed E-state index contributed by atoms with van der Waals surface area (Å²) < 4.78 is 0. The van der Waals surface area contributed by atoms with Crippen LogP contribution >= 0.6 is 0 Å². The Morgan fingerprint density at radius 2 is 2.00 bits per heavy atom. The number of aliphatic carboxylic acids is 1. The molecule has 0 aromatic heterocycles. The van der Waals surface area contributed by atoms with Gasteiger partial charge in [0.2, 0.25) is 0 Å². The second-order valence-electron chi connectivity index (χ2n) is 4.59. The highest BCUT2D eigenvalue weighted by atomic mass is 16.4. The highest BCUT2D eigenvalue weighted by Crippen LogP contribution is 2.20. The largest absolute Gasteiger partial charge is 0.480 e. The van der Waals surface area contributed by atoms with Crippen LogP contribution in [0.3, 0.4) is 0 Å². The monoisotopic (exact) mass is 250 g/mol. The Hall–Kier alpha value is -1.55. The Kier molecular flexibility index (Phi) is 5.65. The fraction of sp³-hybridized carbons (Fsp3) is 0.500. The molecule has 0 heterocycles. The maximum atomic E-state index is 10.5. The summed E-state index contributed by atoms with van der Waals surface area (Å²) in [6.07, 6.45) is 1.54. The highest BCUT2D eigenvalue weighted by molar-refractivity contribution is 5.73. The molecule has 2 atom stereocenters. The lowest BCUT2D eigenvalue weighted by Gasteiger charge is -2.12. The van der Waals surface area contributed by atoms with Crippen LogP contribution in [0, 0.1) is 0 Å². The summed E-state index contributed by atoms with van der Waals surface area (Å²) in [5.74, 6) is -0.386. The van der Waals surface area contributed by atoms with Gasteiger partial charge in [-0.15, -0.1) is 0 Å². The smallest absolute Gasteiger partial charge is 0.320 e. The molecule has 0 saturated carbocycles. The molecule has 0 aliphatic carbocycles. The topological polar surface area (TPSA) is 75.3 Å². The van der Waals surface area contributed by atoms with Crippen molar-refractivity contribution in [1.82, 2.24) is 0 Å². The molecular weight excluding hydrogens is 228 g/mol. The first kappa shape index (κ1) is 14.5. The average molecular weight is 250 g/mol. The van der Waals surface area contributed by atoms with Gasteiger partial charge < -0.3 is 16.2 Å². The molecule has 4 heteroatoms. The Labute approximate surface area is 108 Å². The van der Waals surface area contributed by atoms with Gasteiger partial charge in [-0.05, 0) is 36.5 Å². The van der Waals surface area contributed by atoms with Crippen molar-refractivity contribution in [3.8, 4) is 0 Å². The van der Waals surface area contributed by atoms with Crippen LogP contribution in [0.2, 0.25) is 0 Å². The maximum absolute atomic E-state index is 10.5. The quantitative estimate of drug-likeness (QED) is 0.694. The number of hydrogen-bond donors (Lipinski definition) is 3. The van der Waals surface area contributed by atoms with Crippen LogP contribution in [-0.4, -0.2) is 23.7 Å². The Morgan fingerprint density at radius 3 is 2.50 bits per heavy atom. The average Bonchev–Trinajstić information content (AvgIpc) is 2.38. The molecule has 100 valence electrons. The third-order valence-electron chi connectivity index (χ3n) is 3.19. The van der Waals surface area contributed by atoms with Gasteiger partial charge in [0.25, 0.3) is 0 Å². The summed E-state index contributed by atoms with van der Waals surface area (Å²) >= 11 is 0. The summed E-state index contributed by atoms with van der Waals surface area (Å²) in [6, 6.07) is 7.46. The first-order valence-corrected chi connectivity index (χ1v) is 6.36. The van der Waals surface area contributed by atoms with Crippen LogP contribution in [0.15, 0.2) is 24.3 Å². The number of nitrogens with one attached hydrogen (secondary N) is 1. The standard InChI is InChI=1S/C14H22N2O2/c1-3-10(2)11-4-6-12(7-5-11)16-9-8-13(15)14(17)18/h4-7,10,13,16H,3,8-9,15H2,1-2H3,(H,17,18). The normalized spacial score (nSPS) is 13.9. The van der Waals surface area contributed by atoms with Gasteiger partial charge >= 0.3 is 5.97 Å². The molecule has 1 rings (SSSR count). The molecule has 0 fully saturated rings. The van der Waals surface area contributed by atoms with Gasteiger partial charge in [-0.1, -0.05) is 26.0 Å². The number of nitrogens with two attached hydrogens (primary N) is 1. The zero-order valence-corrected chi connectivity index (χ0v) is 11.0. The molecule has 0 spiro atoms. The van der Waals surface area contributed by atoms with Crippen molar-refractivity contribution in [1.29, 1.82) is 0 Å². The lowest BCUT2D eigenvalue weighted by atomic mass is 9.99. The van der Waals surface area contributed by atoms with Crippen LogP contribution in [0.5, 0.6) is 0 Å². The number of carbonyl (C=O) groups is 1. The van der Waals surface area contributed by atoms with E-state index in [1.165, 1.54) is 5.56 Å². The molecule has 1 aromatic carbocycles. The molecular formula is C14H22N2O2. The van der Waals surface area contributed by atoms with Crippen LogP contribution in [0.4, 0.5) is 5.69 Å². The van der Waals surface area contributed by atoms with E-state index in [1.54, 1.807) is 0 Å². The van der Waals surface area contributed by atoms with E-state index in [-0.39, 0.29) is 0 Å². The molecule has 0 aliphatic rings. The van der Waals surface area contributed by atoms with Gasteiger partial charge in [-0.25, -0.2) is 0 Å². The van der Waals surface area contributed by atoms with Crippen molar-refractivity contribution in [3.05, 3.63) is 29.8 Å². The van der Waals surface area contributed by atoms with Gasteiger partial charge in [-0.3, -0.25) is 4.79 Å². The van der Waals surface area contributed by atoms with Gasteiger partial charge in [0.15, 0.2) is 0 Å². The highest BCUT2D eigenvalue weighted by Gasteiger charge is 2.10. The van der Waals surface area contributed by atoms with Gasteiger partial charge in [0, 0.05) is 12.2 Å². The van der Waals surface area contributed by atoms with Crippen LogP contribution in [0.1, 0.15) is 38.2 Å². The number of rotatable bonds is 7. The lowest BCUT2D eigenvalue weighted by Crippen LogP contribution is -2.32. The Balaban J connectivity index is 2.42. The summed E-state index contributed by atoms with van der Waals surface area (Å²) in [5.41, 5.74) is 7.75. The Morgan fingerprint density at radius 1 is 1.39 bits per heavy atom. The zero-order chi connectivity index (χ0) is 13.5. The second kappa shape index (κ2) is 7.01. The minimum atomic E-state index is -0.955. The van der Waals surface area contributed by atoms with Crippen molar-refractivity contribution in [3.63, 3.8) is 0 Å².